The second-order valence-corrected chi connectivity index (χ2v) is 9.41. The molecule has 0 saturated heterocycles. The minimum absolute atomic E-state index is 0.193. The van der Waals surface area contributed by atoms with Gasteiger partial charge in [0.1, 0.15) is 18.1 Å². The maximum Gasteiger partial charge on any atom is 0.304 e. The smallest absolute Gasteiger partial charge is 0.304 e. The van der Waals surface area contributed by atoms with Gasteiger partial charge in [-0.15, -0.1) is 0 Å². The molecule has 9 heteroatoms. The Bertz CT molecular complexity index is 974. The average molecular weight is 436 g/mol. The van der Waals surface area contributed by atoms with Gasteiger partial charge in [0.25, 0.3) is 0 Å². The molecule has 0 spiro atoms. The number of nitrogens with zero attached hydrogens (tertiary/aromatic N) is 2. The van der Waals surface area contributed by atoms with Gasteiger partial charge in [0.05, 0.1) is 11.8 Å². The molecule has 1 amide bonds. The Labute approximate surface area is 176 Å². The van der Waals surface area contributed by atoms with E-state index in [1.54, 1.807) is 24.3 Å². The zero-order valence-electron chi connectivity index (χ0n) is 17.0. The summed E-state index contributed by atoms with van der Waals surface area (Å²) in [7, 11) is -1.43. The number of anilines is 2. The summed E-state index contributed by atoms with van der Waals surface area (Å²) in [6, 6.07) is 12.3. The lowest BCUT2D eigenvalue weighted by Gasteiger charge is -2.27. The summed E-state index contributed by atoms with van der Waals surface area (Å²) in [5.41, 5.74) is 0.302. The number of hydrogen-bond donors (Lipinski definition) is 1. The molecule has 0 unspecified atom stereocenters. The van der Waals surface area contributed by atoms with Crippen molar-refractivity contribution in [2.24, 2.45) is 0 Å². The van der Waals surface area contributed by atoms with Crippen molar-refractivity contribution in [3.05, 3.63) is 54.3 Å². The summed E-state index contributed by atoms with van der Waals surface area (Å²) in [6.07, 6.45) is 4.67. The molecule has 0 atom stereocenters. The minimum Gasteiger partial charge on any atom is -0.490 e. The molecule has 1 fully saturated rings. The normalized spacial score (nSPS) is 14.7. The Morgan fingerprint density at radius 1 is 1.10 bits per heavy atom. The van der Waals surface area contributed by atoms with Crippen LogP contribution >= 0.6 is 0 Å². The van der Waals surface area contributed by atoms with Crippen molar-refractivity contribution in [1.82, 2.24) is 4.31 Å². The first-order chi connectivity index (χ1) is 14.3. The standard InChI is InChI=1S/C21H26FN3O4S/c1-24(2)30(27,28)25(20-10-6-5-9-19(20)22)15-21(26)23-16-11-13-18(14-12-16)29-17-7-3-4-8-17/h5-6,9-14,17H,3-4,7-8,15H2,1-2H3,(H,23,26). The molecule has 7 nitrogen and oxygen atoms in total. The number of ether oxygens (including phenoxy) is 1. The second-order valence-electron chi connectivity index (χ2n) is 7.35. The van der Waals surface area contributed by atoms with E-state index in [1.165, 1.54) is 45.1 Å². The van der Waals surface area contributed by atoms with E-state index in [-0.39, 0.29) is 11.8 Å². The molecule has 1 N–H and O–H groups in total. The Morgan fingerprint density at radius 2 is 1.73 bits per heavy atom. The topological polar surface area (TPSA) is 79.0 Å². The predicted octanol–water partition coefficient (Wildman–Crippen LogP) is 3.40. The van der Waals surface area contributed by atoms with Gasteiger partial charge in [-0.1, -0.05) is 12.1 Å². The lowest BCUT2D eigenvalue weighted by atomic mass is 10.2. The molecule has 0 aliphatic heterocycles. The fourth-order valence-electron chi connectivity index (χ4n) is 3.29. The van der Waals surface area contributed by atoms with Gasteiger partial charge >= 0.3 is 10.2 Å². The third kappa shape index (κ3) is 5.28. The third-order valence-corrected chi connectivity index (χ3v) is 6.70. The zero-order chi connectivity index (χ0) is 21.7. The van der Waals surface area contributed by atoms with Crippen LogP contribution in [0.15, 0.2) is 48.5 Å². The van der Waals surface area contributed by atoms with Gasteiger partial charge in [-0.2, -0.15) is 12.7 Å². The van der Waals surface area contributed by atoms with Crippen molar-refractivity contribution >= 4 is 27.5 Å². The first-order valence-electron chi connectivity index (χ1n) is 9.78. The molecular weight excluding hydrogens is 409 g/mol. The lowest BCUT2D eigenvalue weighted by molar-refractivity contribution is -0.114. The fourth-order valence-corrected chi connectivity index (χ4v) is 4.36. The van der Waals surface area contributed by atoms with Crippen molar-refractivity contribution in [3.63, 3.8) is 0 Å². The van der Waals surface area contributed by atoms with Gasteiger partial charge in [0.2, 0.25) is 5.91 Å². The van der Waals surface area contributed by atoms with E-state index in [0.717, 1.165) is 33.3 Å². The van der Waals surface area contributed by atoms with E-state index in [0.29, 0.717) is 5.69 Å². The van der Waals surface area contributed by atoms with Gasteiger partial charge in [-0.25, -0.2) is 8.70 Å². The van der Waals surface area contributed by atoms with Crippen molar-refractivity contribution in [1.29, 1.82) is 0 Å². The molecule has 0 bridgehead atoms. The highest BCUT2D eigenvalue weighted by Crippen LogP contribution is 2.26. The second kappa shape index (κ2) is 9.44. The van der Waals surface area contributed by atoms with E-state index >= 15 is 0 Å². The molecule has 0 radical (unpaired) electrons. The number of carbonyl (C=O) groups excluding carboxylic acids is 1. The highest BCUT2D eigenvalue weighted by atomic mass is 32.2. The van der Waals surface area contributed by atoms with Crippen LogP contribution in [0.5, 0.6) is 5.75 Å². The molecule has 162 valence electrons. The monoisotopic (exact) mass is 435 g/mol. The van der Waals surface area contributed by atoms with Crippen LogP contribution in [0.4, 0.5) is 15.8 Å². The molecule has 2 aromatic rings. The number of para-hydroxylation sites is 1. The summed E-state index contributed by atoms with van der Waals surface area (Å²) < 4.78 is 47.2. The summed E-state index contributed by atoms with van der Waals surface area (Å²) in [5, 5.41) is 2.65. The van der Waals surface area contributed by atoms with E-state index in [2.05, 4.69) is 5.32 Å². The van der Waals surface area contributed by atoms with Crippen LogP contribution in [-0.2, 0) is 15.0 Å². The number of benzene rings is 2. The van der Waals surface area contributed by atoms with Crippen LogP contribution in [0.2, 0.25) is 0 Å². The summed E-state index contributed by atoms with van der Waals surface area (Å²) >= 11 is 0. The van der Waals surface area contributed by atoms with Gasteiger partial charge in [0.15, 0.2) is 0 Å². The molecular formula is C21H26FN3O4S. The first kappa shape index (κ1) is 22.0. The SMILES string of the molecule is CN(C)S(=O)(=O)N(CC(=O)Nc1ccc(OC2CCCC2)cc1)c1ccccc1F. The number of carbonyl (C=O) groups is 1. The molecule has 0 heterocycles. The van der Waals surface area contributed by atoms with Crippen molar-refractivity contribution in [3.8, 4) is 5.75 Å². The third-order valence-electron chi connectivity index (χ3n) is 4.89. The predicted molar refractivity (Wildman–Crippen MR) is 114 cm³/mol. The summed E-state index contributed by atoms with van der Waals surface area (Å²) in [5.74, 6) is -0.597. The molecule has 3 rings (SSSR count). The van der Waals surface area contributed by atoms with Crippen LogP contribution in [0, 0.1) is 5.82 Å². The minimum atomic E-state index is -4.08. The van der Waals surface area contributed by atoms with Crippen LogP contribution in [0.25, 0.3) is 0 Å². The largest absolute Gasteiger partial charge is 0.490 e. The van der Waals surface area contributed by atoms with Crippen LogP contribution in [0.1, 0.15) is 25.7 Å². The quantitative estimate of drug-likeness (QED) is 0.689. The highest BCUT2D eigenvalue weighted by Gasteiger charge is 2.29. The number of hydrogen-bond acceptors (Lipinski definition) is 4. The number of nitrogens with one attached hydrogen (secondary N) is 1. The van der Waals surface area contributed by atoms with Crippen molar-refractivity contribution in [2.75, 3.05) is 30.3 Å². The van der Waals surface area contributed by atoms with E-state index in [4.69, 9.17) is 4.74 Å². The first-order valence-corrected chi connectivity index (χ1v) is 11.2. The lowest BCUT2D eigenvalue weighted by Crippen LogP contribution is -2.44. The Hall–Kier alpha value is -2.65. The van der Waals surface area contributed by atoms with Crippen LogP contribution in [-0.4, -0.2) is 45.4 Å². The van der Waals surface area contributed by atoms with Crippen molar-refractivity contribution < 1.29 is 22.3 Å². The number of rotatable bonds is 8. The maximum atomic E-state index is 14.3. The maximum absolute atomic E-state index is 14.3. The zero-order valence-corrected chi connectivity index (χ0v) is 17.9. The molecule has 1 aliphatic carbocycles. The Balaban J connectivity index is 1.70. The van der Waals surface area contributed by atoms with Gasteiger partial charge in [0, 0.05) is 19.8 Å². The van der Waals surface area contributed by atoms with Gasteiger partial charge in [-0.05, 0) is 62.1 Å². The van der Waals surface area contributed by atoms with E-state index in [9.17, 15) is 17.6 Å². The Kier molecular flexibility index (Phi) is 6.94. The van der Waals surface area contributed by atoms with Crippen molar-refractivity contribution in [2.45, 2.75) is 31.8 Å². The summed E-state index contributed by atoms with van der Waals surface area (Å²) in [4.78, 5) is 12.6. The molecule has 0 aromatic heterocycles. The van der Waals surface area contributed by atoms with Gasteiger partial charge < -0.3 is 10.1 Å². The molecule has 30 heavy (non-hydrogen) atoms. The number of halogens is 1. The van der Waals surface area contributed by atoms with E-state index in [1.807, 2.05) is 0 Å². The van der Waals surface area contributed by atoms with E-state index < -0.39 is 28.5 Å². The van der Waals surface area contributed by atoms with Gasteiger partial charge in [-0.3, -0.25) is 4.79 Å². The van der Waals surface area contributed by atoms with Crippen LogP contribution < -0.4 is 14.4 Å². The molecule has 1 aliphatic rings. The average Bonchev–Trinajstić information content (AvgIpc) is 3.21. The molecule has 1 saturated carbocycles. The Morgan fingerprint density at radius 3 is 2.33 bits per heavy atom. The number of amides is 1. The molecule has 2 aromatic carbocycles. The fraction of sp³-hybridized carbons (Fsp3) is 0.381. The highest BCUT2D eigenvalue weighted by molar-refractivity contribution is 7.90. The van der Waals surface area contributed by atoms with Crippen LogP contribution in [0.3, 0.4) is 0 Å². The summed E-state index contributed by atoms with van der Waals surface area (Å²) in [6.45, 7) is -0.568.